The number of nitrogens with zero attached hydrogens (tertiary/aromatic N) is 1. The van der Waals surface area contributed by atoms with Crippen LogP contribution in [0.2, 0.25) is 0 Å². The van der Waals surface area contributed by atoms with Gasteiger partial charge >= 0.3 is 5.76 Å². The lowest BCUT2D eigenvalue weighted by molar-refractivity contribution is 0.192. The number of halogens is 1. The molecule has 1 aromatic heterocycles. The third-order valence-corrected chi connectivity index (χ3v) is 4.67. The lowest BCUT2D eigenvalue weighted by Gasteiger charge is -2.25. The van der Waals surface area contributed by atoms with Crippen LogP contribution in [0, 0.1) is 5.82 Å². The average molecular weight is 399 g/mol. The van der Waals surface area contributed by atoms with Crippen LogP contribution in [0.25, 0.3) is 17.3 Å². The second-order valence-electron chi connectivity index (χ2n) is 7.51. The molecule has 2 aromatic carbocycles. The Morgan fingerprint density at radius 3 is 2.41 bits per heavy atom. The van der Waals surface area contributed by atoms with Crippen molar-refractivity contribution in [1.29, 1.82) is 0 Å². The molecule has 0 fully saturated rings. The minimum Gasteiger partial charge on any atom is -0.504 e. The van der Waals surface area contributed by atoms with Crippen molar-refractivity contribution in [3.8, 4) is 17.2 Å². The van der Waals surface area contributed by atoms with Crippen molar-refractivity contribution < 1.29 is 23.4 Å². The molecule has 3 aromatic rings. The van der Waals surface area contributed by atoms with E-state index in [0.29, 0.717) is 16.6 Å². The molecule has 1 atom stereocenters. The SMILES string of the molecule is CC(C)Oc1c(O)c2c3c(oc(=O)n3C=CC2c2ccccc2F)c1OC(C)C. The summed E-state index contributed by atoms with van der Waals surface area (Å²) in [5.74, 6) is -1.63. The van der Waals surface area contributed by atoms with Gasteiger partial charge in [0.1, 0.15) is 11.3 Å². The van der Waals surface area contributed by atoms with Gasteiger partial charge in [0, 0.05) is 17.7 Å². The minimum absolute atomic E-state index is 0.0775. The van der Waals surface area contributed by atoms with Crippen molar-refractivity contribution in [2.24, 2.45) is 0 Å². The highest BCUT2D eigenvalue weighted by Gasteiger charge is 2.34. The standard InChI is InChI=1S/C22H22FNO5/c1-11(2)27-20-18(25)16-14(13-7-5-6-8-15(13)23)9-10-24-17(16)19(29-22(24)26)21(20)28-12(3)4/h5-12,14,25H,1-4H3. The second-order valence-corrected chi connectivity index (χ2v) is 7.51. The smallest absolute Gasteiger partial charge is 0.424 e. The molecule has 0 saturated heterocycles. The van der Waals surface area contributed by atoms with E-state index in [9.17, 15) is 14.3 Å². The summed E-state index contributed by atoms with van der Waals surface area (Å²) in [6.07, 6.45) is 2.64. The van der Waals surface area contributed by atoms with Crippen molar-refractivity contribution in [3.63, 3.8) is 0 Å². The zero-order chi connectivity index (χ0) is 20.9. The summed E-state index contributed by atoms with van der Waals surface area (Å²) in [7, 11) is 0. The maximum absolute atomic E-state index is 14.6. The number of phenolic OH excluding ortho intramolecular Hbond substituents is 1. The Hall–Kier alpha value is -3.22. The van der Waals surface area contributed by atoms with Crippen LogP contribution < -0.4 is 15.2 Å². The Bertz CT molecular complexity index is 1170. The molecule has 6 nitrogen and oxygen atoms in total. The van der Waals surface area contributed by atoms with Gasteiger partial charge in [0.2, 0.25) is 17.1 Å². The maximum atomic E-state index is 14.6. The number of benzene rings is 2. The Balaban J connectivity index is 2.09. The molecule has 1 aliphatic heterocycles. The number of ether oxygens (including phenoxy) is 2. The van der Waals surface area contributed by atoms with Crippen molar-refractivity contribution in [2.45, 2.75) is 45.8 Å². The van der Waals surface area contributed by atoms with Crippen LogP contribution >= 0.6 is 0 Å². The summed E-state index contributed by atoms with van der Waals surface area (Å²) in [4.78, 5) is 12.4. The zero-order valence-corrected chi connectivity index (χ0v) is 16.6. The van der Waals surface area contributed by atoms with Gasteiger partial charge in [0.05, 0.1) is 12.2 Å². The lowest BCUT2D eigenvalue weighted by Crippen LogP contribution is -2.16. The number of aromatic nitrogens is 1. The van der Waals surface area contributed by atoms with E-state index in [1.54, 1.807) is 24.3 Å². The van der Waals surface area contributed by atoms with Crippen LogP contribution in [0.5, 0.6) is 17.2 Å². The predicted octanol–water partition coefficient (Wildman–Crippen LogP) is 4.63. The van der Waals surface area contributed by atoms with Gasteiger partial charge in [0.15, 0.2) is 5.75 Å². The summed E-state index contributed by atoms with van der Waals surface area (Å²) in [5, 5.41) is 11.2. The molecule has 0 radical (unpaired) electrons. The first-order chi connectivity index (χ1) is 13.8. The number of rotatable bonds is 5. The highest BCUT2D eigenvalue weighted by molar-refractivity contribution is 5.93. The summed E-state index contributed by atoms with van der Waals surface area (Å²) >= 11 is 0. The third-order valence-electron chi connectivity index (χ3n) is 4.67. The number of aromatic hydroxyl groups is 1. The Labute approximate surface area is 166 Å². The molecule has 1 aliphatic rings. The van der Waals surface area contributed by atoms with Crippen LogP contribution in [0.4, 0.5) is 4.39 Å². The summed E-state index contributed by atoms with van der Waals surface area (Å²) < 4.78 is 33.1. The molecule has 0 spiro atoms. The lowest BCUT2D eigenvalue weighted by atomic mass is 9.87. The summed E-state index contributed by atoms with van der Waals surface area (Å²) in [6.45, 7) is 7.26. The number of allylic oxidation sites excluding steroid dienone is 1. The fraction of sp³-hybridized carbons (Fsp3) is 0.318. The van der Waals surface area contributed by atoms with E-state index in [1.165, 1.54) is 16.8 Å². The van der Waals surface area contributed by atoms with Crippen molar-refractivity contribution >= 4 is 17.3 Å². The topological polar surface area (TPSA) is 73.8 Å². The van der Waals surface area contributed by atoms with E-state index in [0.717, 1.165) is 0 Å². The molecule has 1 unspecified atom stereocenters. The average Bonchev–Trinajstić information content (AvgIpc) is 2.99. The number of hydrogen-bond donors (Lipinski definition) is 1. The van der Waals surface area contributed by atoms with E-state index in [4.69, 9.17) is 13.9 Å². The van der Waals surface area contributed by atoms with Crippen LogP contribution in [0.1, 0.15) is 44.7 Å². The quantitative estimate of drug-likeness (QED) is 0.677. The van der Waals surface area contributed by atoms with Gasteiger partial charge in [0.25, 0.3) is 0 Å². The van der Waals surface area contributed by atoms with Gasteiger partial charge in [-0.3, -0.25) is 0 Å². The molecular formula is C22H22FNO5. The normalized spacial score (nSPS) is 15.5. The molecule has 4 rings (SSSR count). The van der Waals surface area contributed by atoms with Crippen molar-refractivity contribution in [3.05, 3.63) is 57.8 Å². The van der Waals surface area contributed by atoms with Gasteiger partial charge in [-0.15, -0.1) is 0 Å². The predicted molar refractivity (Wildman–Crippen MR) is 107 cm³/mol. The molecule has 29 heavy (non-hydrogen) atoms. The fourth-order valence-corrected chi connectivity index (χ4v) is 3.61. The largest absolute Gasteiger partial charge is 0.504 e. The Morgan fingerprint density at radius 1 is 1.10 bits per heavy atom. The van der Waals surface area contributed by atoms with E-state index in [-0.39, 0.29) is 35.0 Å². The fourth-order valence-electron chi connectivity index (χ4n) is 3.61. The first kappa shape index (κ1) is 19.1. The van der Waals surface area contributed by atoms with Gasteiger partial charge < -0.3 is 19.0 Å². The van der Waals surface area contributed by atoms with Crippen LogP contribution in [0.15, 0.2) is 39.6 Å². The zero-order valence-electron chi connectivity index (χ0n) is 16.6. The van der Waals surface area contributed by atoms with Crippen LogP contribution in [-0.4, -0.2) is 21.9 Å². The molecule has 0 bridgehead atoms. The van der Waals surface area contributed by atoms with Crippen LogP contribution in [-0.2, 0) is 0 Å². The number of phenols is 1. The van der Waals surface area contributed by atoms with Gasteiger partial charge in [-0.25, -0.2) is 13.8 Å². The minimum atomic E-state index is -0.627. The Morgan fingerprint density at radius 2 is 1.76 bits per heavy atom. The number of hydrogen-bond acceptors (Lipinski definition) is 5. The van der Waals surface area contributed by atoms with Gasteiger partial charge in [-0.2, -0.15) is 0 Å². The van der Waals surface area contributed by atoms with E-state index < -0.39 is 17.5 Å². The van der Waals surface area contributed by atoms with E-state index in [2.05, 4.69) is 0 Å². The van der Waals surface area contributed by atoms with E-state index >= 15 is 0 Å². The molecule has 0 saturated carbocycles. The molecule has 152 valence electrons. The van der Waals surface area contributed by atoms with Crippen LogP contribution in [0.3, 0.4) is 0 Å². The summed E-state index contributed by atoms with van der Waals surface area (Å²) in [5.41, 5.74) is 1.21. The van der Waals surface area contributed by atoms with Gasteiger partial charge in [-0.05, 0) is 39.3 Å². The highest BCUT2D eigenvalue weighted by atomic mass is 19.1. The van der Waals surface area contributed by atoms with Crippen molar-refractivity contribution in [2.75, 3.05) is 0 Å². The monoisotopic (exact) mass is 399 g/mol. The Kier molecular flexibility index (Phi) is 4.61. The second kappa shape index (κ2) is 6.99. The van der Waals surface area contributed by atoms with Crippen molar-refractivity contribution in [1.82, 2.24) is 4.57 Å². The van der Waals surface area contributed by atoms with Gasteiger partial charge in [-0.1, -0.05) is 24.3 Å². The molecule has 2 heterocycles. The maximum Gasteiger partial charge on any atom is 0.424 e. The number of oxazole rings is 1. The first-order valence-electron chi connectivity index (χ1n) is 9.49. The molecule has 0 amide bonds. The molecular weight excluding hydrogens is 377 g/mol. The van der Waals surface area contributed by atoms with E-state index in [1.807, 2.05) is 27.7 Å². The highest BCUT2D eigenvalue weighted by Crippen LogP contribution is 2.52. The first-order valence-corrected chi connectivity index (χ1v) is 9.49. The molecule has 0 aliphatic carbocycles. The third kappa shape index (κ3) is 3.06. The molecule has 7 heteroatoms. The summed E-state index contributed by atoms with van der Waals surface area (Å²) in [6, 6.07) is 6.32. The molecule has 1 N–H and O–H groups in total.